The summed E-state index contributed by atoms with van der Waals surface area (Å²) in [5.74, 6) is 1.70. The molecule has 1 aliphatic heterocycles. The third-order valence-corrected chi connectivity index (χ3v) is 4.70. The van der Waals surface area contributed by atoms with Crippen molar-refractivity contribution in [3.8, 4) is 0 Å². The van der Waals surface area contributed by atoms with Gasteiger partial charge in [0.05, 0.1) is 11.8 Å². The smallest absolute Gasteiger partial charge is 0.161 e. The van der Waals surface area contributed by atoms with Gasteiger partial charge in [-0.15, -0.1) is 5.10 Å². The summed E-state index contributed by atoms with van der Waals surface area (Å²) in [6.45, 7) is 1.05. The molecule has 1 aliphatic carbocycles. The maximum absolute atomic E-state index is 5.83. The zero-order valence-electron chi connectivity index (χ0n) is 11.1. The first kappa shape index (κ1) is 12.8. The molecule has 2 heterocycles. The van der Waals surface area contributed by atoms with Crippen LogP contribution in [0.4, 0.5) is 5.82 Å². The number of fused-ring (bicyclic) bond motifs is 1. The number of nitrogens with two attached hydrogens (primary N) is 1. The molecule has 2 atom stereocenters. The van der Waals surface area contributed by atoms with Crippen LogP contribution in [0.3, 0.4) is 0 Å². The minimum Gasteiger partial charge on any atom is -0.389 e. The number of nitrogens with zero attached hydrogens (tertiary/aromatic N) is 3. The number of piperidine rings is 1. The Balaban J connectivity index is 1.94. The quantitative estimate of drug-likeness (QED) is 0.840. The molecule has 2 N–H and O–H groups in total. The van der Waals surface area contributed by atoms with Gasteiger partial charge in [-0.1, -0.05) is 25.1 Å². The van der Waals surface area contributed by atoms with E-state index in [4.69, 9.17) is 18.0 Å². The molecule has 2 fully saturated rings. The van der Waals surface area contributed by atoms with Crippen LogP contribution in [-0.2, 0) is 0 Å². The van der Waals surface area contributed by atoms with Gasteiger partial charge in [-0.3, -0.25) is 0 Å². The van der Waals surface area contributed by atoms with Crippen molar-refractivity contribution in [2.45, 2.75) is 44.6 Å². The van der Waals surface area contributed by atoms with Crippen molar-refractivity contribution in [3.63, 3.8) is 0 Å². The van der Waals surface area contributed by atoms with Gasteiger partial charge in [-0.2, -0.15) is 5.10 Å². The van der Waals surface area contributed by atoms with E-state index in [2.05, 4.69) is 15.1 Å². The average Bonchev–Trinajstić information content (AvgIpc) is 2.46. The molecule has 0 aromatic carbocycles. The number of rotatable bonds is 2. The fourth-order valence-electron chi connectivity index (χ4n) is 3.62. The summed E-state index contributed by atoms with van der Waals surface area (Å²) in [4.78, 5) is 2.83. The molecule has 0 amide bonds. The Labute approximate surface area is 119 Å². The van der Waals surface area contributed by atoms with Gasteiger partial charge >= 0.3 is 0 Å². The second-order valence-corrected chi connectivity index (χ2v) is 6.02. The van der Waals surface area contributed by atoms with Crippen LogP contribution in [-0.4, -0.2) is 27.8 Å². The molecule has 0 spiro atoms. The van der Waals surface area contributed by atoms with Gasteiger partial charge in [0.25, 0.3) is 0 Å². The molecule has 3 rings (SSSR count). The molecule has 0 bridgehead atoms. The summed E-state index contributed by atoms with van der Waals surface area (Å²) in [6.07, 6.45) is 9.55. The molecule has 102 valence electrons. The largest absolute Gasteiger partial charge is 0.389 e. The predicted octanol–water partition coefficient (Wildman–Crippen LogP) is 2.27. The van der Waals surface area contributed by atoms with Gasteiger partial charge < -0.3 is 10.6 Å². The first-order valence-electron chi connectivity index (χ1n) is 7.15. The van der Waals surface area contributed by atoms with Crippen molar-refractivity contribution >= 4 is 23.0 Å². The fourth-order valence-corrected chi connectivity index (χ4v) is 3.78. The third kappa shape index (κ3) is 2.43. The highest BCUT2D eigenvalue weighted by molar-refractivity contribution is 7.80. The fraction of sp³-hybridized carbons (Fsp3) is 0.643. The highest BCUT2D eigenvalue weighted by Crippen LogP contribution is 2.37. The van der Waals surface area contributed by atoms with E-state index < -0.39 is 0 Å². The van der Waals surface area contributed by atoms with E-state index in [9.17, 15) is 0 Å². The Morgan fingerprint density at radius 1 is 1.26 bits per heavy atom. The van der Waals surface area contributed by atoms with E-state index in [-0.39, 0.29) is 0 Å². The lowest BCUT2D eigenvalue weighted by Crippen LogP contribution is -2.48. The van der Waals surface area contributed by atoms with Crippen LogP contribution in [0.25, 0.3) is 0 Å². The minimum absolute atomic E-state index is 0.419. The number of aromatic nitrogens is 2. The van der Waals surface area contributed by atoms with Crippen LogP contribution in [0.5, 0.6) is 0 Å². The second kappa shape index (κ2) is 5.41. The topological polar surface area (TPSA) is 55.0 Å². The Hall–Kier alpha value is -1.23. The van der Waals surface area contributed by atoms with Crippen molar-refractivity contribution in [2.24, 2.45) is 11.7 Å². The summed E-state index contributed by atoms with van der Waals surface area (Å²) >= 11 is 5.15. The number of anilines is 1. The lowest BCUT2D eigenvalue weighted by atomic mass is 9.78. The van der Waals surface area contributed by atoms with Crippen molar-refractivity contribution in [3.05, 3.63) is 17.8 Å². The molecular weight excluding hydrogens is 256 g/mol. The predicted molar refractivity (Wildman–Crippen MR) is 80.2 cm³/mol. The van der Waals surface area contributed by atoms with Crippen molar-refractivity contribution in [2.75, 3.05) is 11.4 Å². The summed E-state index contributed by atoms with van der Waals surface area (Å²) in [5, 5.41) is 8.36. The van der Waals surface area contributed by atoms with Crippen LogP contribution < -0.4 is 10.6 Å². The van der Waals surface area contributed by atoms with Gasteiger partial charge in [0, 0.05) is 12.6 Å². The first-order valence-corrected chi connectivity index (χ1v) is 7.56. The van der Waals surface area contributed by atoms with E-state index in [0.29, 0.717) is 11.0 Å². The Bertz CT molecular complexity index is 474. The molecule has 1 aromatic heterocycles. The average molecular weight is 276 g/mol. The Morgan fingerprint density at radius 2 is 2.05 bits per heavy atom. The minimum atomic E-state index is 0.419. The van der Waals surface area contributed by atoms with Crippen LogP contribution in [0.1, 0.15) is 44.1 Å². The van der Waals surface area contributed by atoms with Gasteiger partial charge in [0.1, 0.15) is 4.99 Å². The highest BCUT2D eigenvalue weighted by Gasteiger charge is 2.35. The van der Waals surface area contributed by atoms with Crippen LogP contribution in [0.2, 0.25) is 0 Å². The van der Waals surface area contributed by atoms with Gasteiger partial charge in [0.2, 0.25) is 0 Å². The molecule has 2 unspecified atom stereocenters. The standard InChI is InChI=1S/C14H20N4S/c15-13(19)11-7-8-16-17-14(11)18-9-3-5-10-4-1-2-6-12(10)18/h7-8,10,12H,1-6,9H2,(H2,15,19). The van der Waals surface area contributed by atoms with E-state index in [1.54, 1.807) is 6.20 Å². The Kier molecular flexibility index (Phi) is 3.64. The highest BCUT2D eigenvalue weighted by atomic mass is 32.1. The number of hydrogen-bond acceptors (Lipinski definition) is 4. The van der Waals surface area contributed by atoms with Crippen LogP contribution in [0, 0.1) is 5.92 Å². The summed E-state index contributed by atoms with van der Waals surface area (Å²) in [6, 6.07) is 2.49. The summed E-state index contributed by atoms with van der Waals surface area (Å²) in [5.41, 5.74) is 6.70. The molecule has 1 aromatic rings. The summed E-state index contributed by atoms with van der Waals surface area (Å²) < 4.78 is 0. The zero-order chi connectivity index (χ0) is 13.2. The molecule has 5 heteroatoms. The van der Waals surface area contributed by atoms with E-state index >= 15 is 0 Å². The number of thiocarbonyl (C=S) groups is 1. The molecule has 2 aliphatic rings. The molecular formula is C14H20N4S. The maximum Gasteiger partial charge on any atom is 0.161 e. The van der Waals surface area contributed by atoms with Crippen molar-refractivity contribution in [1.29, 1.82) is 0 Å². The lowest BCUT2D eigenvalue weighted by molar-refractivity contribution is 0.242. The van der Waals surface area contributed by atoms with Crippen LogP contribution >= 0.6 is 12.2 Å². The van der Waals surface area contributed by atoms with E-state index in [1.165, 1.54) is 38.5 Å². The monoisotopic (exact) mass is 276 g/mol. The van der Waals surface area contributed by atoms with E-state index in [0.717, 1.165) is 23.8 Å². The van der Waals surface area contributed by atoms with Crippen LogP contribution in [0.15, 0.2) is 12.3 Å². The normalized spacial score (nSPS) is 26.8. The second-order valence-electron chi connectivity index (χ2n) is 5.58. The SMILES string of the molecule is NC(=S)c1ccnnc1N1CCCC2CCCCC21. The molecule has 19 heavy (non-hydrogen) atoms. The maximum atomic E-state index is 5.83. The van der Waals surface area contributed by atoms with Crippen molar-refractivity contribution in [1.82, 2.24) is 10.2 Å². The molecule has 1 saturated carbocycles. The van der Waals surface area contributed by atoms with Crippen molar-refractivity contribution < 1.29 is 0 Å². The molecule has 1 saturated heterocycles. The lowest BCUT2D eigenvalue weighted by Gasteiger charge is -2.45. The first-order chi connectivity index (χ1) is 9.27. The summed E-state index contributed by atoms with van der Waals surface area (Å²) in [7, 11) is 0. The Morgan fingerprint density at radius 3 is 2.89 bits per heavy atom. The van der Waals surface area contributed by atoms with Gasteiger partial charge in [-0.05, 0) is 37.7 Å². The zero-order valence-corrected chi connectivity index (χ0v) is 11.9. The van der Waals surface area contributed by atoms with Gasteiger partial charge in [0.15, 0.2) is 5.82 Å². The molecule has 4 nitrogen and oxygen atoms in total. The third-order valence-electron chi connectivity index (χ3n) is 4.48. The number of hydrogen-bond donors (Lipinski definition) is 1. The van der Waals surface area contributed by atoms with Gasteiger partial charge in [-0.25, -0.2) is 0 Å². The van der Waals surface area contributed by atoms with E-state index in [1.807, 2.05) is 6.07 Å². The molecule has 0 radical (unpaired) electrons.